The number of aryl methyl sites for hydroxylation is 2. The number of benzene rings is 1. The summed E-state index contributed by atoms with van der Waals surface area (Å²) < 4.78 is 1.16. The standard InChI is InChI=1S/C11H13BrO/c1-8-5-6-10(4-3-7-13)9(2)11(8)12/h5-7H,3-4H2,1-2H3. The van der Waals surface area contributed by atoms with Crippen LogP contribution in [-0.2, 0) is 11.2 Å². The van der Waals surface area contributed by atoms with Gasteiger partial charge in [0, 0.05) is 10.9 Å². The molecule has 0 aromatic heterocycles. The Bertz CT molecular complexity index is 318. The van der Waals surface area contributed by atoms with Crippen molar-refractivity contribution in [3.8, 4) is 0 Å². The molecule has 0 amide bonds. The fourth-order valence-electron chi connectivity index (χ4n) is 1.35. The zero-order valence-corrected chi connectivity index (χ0v) is 9.52. The van der Waals surface area contributed by atoms with Crippen LogP contribution in [0.25, 0.3) is 0 Å². The highest BCUT2D eigenvalue weighted by Gasteiger charge is 2.03. The normalized spacial score (nSPS) is 10.1. The molecule has 0 bridgehead atoms. The van der Waals surface area contributed by atoms with Crippen LogP contribution < -0.4 is 0 Å². The molecule has 70 valence electrons. The Hall–Kier alpha value is -0.630. The van der Waals surface area contributed by atoms with Gasteiger partial charge in [-0.05, 0) is 37.0 Å². The van der Waals surface area contributed by atoms with E-state index in [1.807, 2.05) is 0 Å². The lowest BCUT2D eigenvalue weighted by molar-refractivity contribution is -0.107. The summed E-state index contributed by atoms with van der Waals surface area (Å²) >= 11 is 3.53. The second kappa shape index (κ2) is 4.56. The number of halogens is 1. The van der Waals surface area contributed by atoms with E-state index in [1.54, 1.807) is 0 Å². The van der Waals surface area contributed by atoms with Crippen molar-refractivity contribution in [2.24, 2.45) is 0 Å². The molecule has 13 heavy (non-hydrogen) atoms. The van der Waals surface area contributed by atoms with Crippen molar-refractivity contribution in [1.29, 1.82) is 0 Å². The van der Waals surface area contributed by atoms with Gasteiger partial charge >= 0.3 is 0 Å². The number of carbonyl (C=O) groups is 1. The predicted octanol–water partition coefficient (Wildman–Crippen LogP) is 3.20. The first-order valence-corrected chi connectivity index (χ1v) is 5.14. The minimum Gasteiger partial charge on any atom is -0.303 e. The molecular formula is C11H13BrO. The topological polar surface area (TPSA) is 17.1 Å². The molecule has 0 N–H and O–H groups in total. The highest BCUT2D eigenvalue weighted by molar-refractivity contribution is 9.10. The van der Waals surface area contributed by atoms with Gasteiger partial charge in [0.25, 0.3) is 0 Å². The van der Waals surface area contributed by atoms with E-state index < -0.39 is 0 Å². The van der Waals surface area contributed by atoms with Gasteiger partial charge in [-0.3, -0.25) is 0 Å². The summed E-state index contributed by atoms with van der Waals surface area (Å²) in [4.78, 5) is 10.2. The van der Waals surface area contributed by atoms with Gasteiger partial charge in [-0.25, -0.2) is 0 Å². The highest BCUT2D eigenvalue weighted by atomic mass is 79.9. The lowest BCUT2D eigenvalue weighted by Gasteiger charge is -2.08. The summed E-state index contributed by atoms with van der Waals surface area (Å²) in [5.74, 6) is 0. The van der Waals surface area contributed by atoms with E-state index in [4.69, 9.17) is 0 Å². The third kappa shape index (κ3) is 2.41. The molecule has 0 fully saturated rings. The number of hydrogen-bond acceptors (Lipinski definition) is 1. The molecular weight excluding hydrogens is 228 g/mol. The summed E-state index contributed by atoms with van der Waals surface area (Å²) in [5, 5.41) is 0. The summed E-state index contributed by atoms with van der Waals surface area (Å²) in [6.45, 7) is 4.15. The van der Waals surface area contributed by atoms with Gasteiger partial charge in [-0.15, -0.1) is 0 Å². The van der Waals surface area contributed by atoms with Crippen molar-refractivity contribution in [1.82, 2.24) is 0 Å². The molecule has 0 heterocycles. The maximum Gasteiger partial charge on any atom is 0.120 e. The summed E-state index contributed by atoms with van der Waals surface area (Å²) in [7, 11) is 0. The van der Waals surface area contributed by atoms with E-state index >= 15 is 0 Å². The Morgan fingerprint density at radius 1 is 1.38 bits per heavy atom. The maximum absolute atomic E-state index is 10.2. The van der Waals surface area contributed by atoms with E-state index in [0.717, 1.165) is 17.2 Å². The van der Waals surface area contributed by atoms with Crippen molar-refractivity contribution in [2.75, 3.05) is 0 Å². The van der Waals surface area contributed by atoms with Gasteiger partial charge in [0.2, 0.25) is 0 Å². The van der Waals surface area contributed by atoms with Crippen molar-refractivity contribution in [3.05, 3.63) is 33.3 Å². The summed E-state index contributed by atoms with van der Waals surface area (Å²) in [5.41, 5.74) is 3.75. The van der Waals surface area contributed by atoms with Crippen LogP contribution in [0.2, 0.25) is 0 Å². The molecule has 1 rings (SSSR count). The van der Waals surface area contributed by atoms with Gasteiger partial charge < -0.3 is 4.79 Å². The zero-order chi connectivity index (χ0) is 9.84. The summed E-state index contributed by atoms with van der Waals surface area (Å²) in [6, 6.07) is 4.18. The molecule has 0 aliphatic heterocycles. The Labute approximate surface area is 87.3 Å². The first kappa shape index (κ1) is 10.5. The highest BCUT2D eigenvalue weighted by Crippen LogP contribution is 2.24. The minimum atomic E-state index is 0.607. The number of carbonyl (C=O) groups excluding carboxylic acids is 1. The molecule has 0 saturated carbocycles. The summed E-state index contributed by atoms with van der Waals surface area (Å²) in [6.07, 6.45) is 2.41. The average molecular weight is 241 g/mol. The zero-order valence-electron chi connectivity index (χ0n) is 7.93. The Morgan fingerprint density at radius 2 is 2.08 bits per heavy atom. The first-order chi connectivity index (χ1) is 6.16. The third-order valence-corrected chi connectivity index (χ3v) is 3.44. The minimum absolute atomic E-state index is 0.607. The Morgan fingerprint density at radius 3 is 2.69 bits per heavy atom. The molecule has 2 heteroatoms. The van der Waals surface area contributed by atoms with Crippen LogP contribution in [0, 0.1) is 13.8 Å². The van der Waals surface area contributed by atoms with Crippen LogP contribution in [0.4, 0.5) is 0 Å². The smallest absolute Gasteiger partial charge is 0.120 e. The second-order valence-corrected chi connectivity index (χ2v) is 3.98. The molecule has 0 spiro atoms. The van der Waals surface area contributed by atoms with Crippen molar-refractivity contribution in [3.63, 3.8) is 0 Å². The van der Waals surface area contributed by atoms with Crippen molar-refractivity contribution < 1.29 is 4.79 Å². The third-order valence-electron chi connectivity index (χ3n) is 2.22. The average Bonchev–Trinajstić information content (AvgIpc) is 2.13. The molecule has 0 unspecified atom stereocenters. The van der Waals surface area contributed by atoms with Crippen molar-refractivity contribution >= 4 is 22.2 Å². The van der Waals surface area contributed by atoms with Crippen LogP contribution in [0.15, 0.2) is 16.6 Å². The lowest BCUT2D eigenvalue weighted by Crippen LogP contribution is -1.93. The fourth-order valence-corrected chi connectivity index (χ4v) is 1.73. The Balaban J connectivity index is 2.96. The van der Waals surface area contributed by atoms with Crippen LogP contribution in [0.5, 0.6) is 0 Å². The Kier molecular flexibility index (Phi) is 3.67. The largest absolute Gasteiger partial charge is 0.303 e. The fraction of sp³-hybridized carbons (Fsp3) is 0.364. The molecule has 1 aromatic rings. The van der Waals surface area contributed by atoms with E-state index in [2.05, 4.69) is 41.9 Å². The van der Waals surface area contributed by atoms with Crippen LogP contribution in [0.3, 0.4) is 0 Å². The van der Waals surface area contributed by atoms with E-state index in [9.17, 15) is 4.79 Å². The van der Waals surface area contributed by atoms with E-state index in [1.165, 1.54) is 16.7 Å². The second-order valence-electron chi connectivity index (χ2n) is 3.19. The molecule has 0 aliphatic rings. The van der Waals surface area contributed by atoms with Gasteiger partial charge in [-0.1, -0.05) is 28.1 Å². The SMILES string of the molecule is Cc1ccc(CCC=O)c(C)c1Br. The van der Waals surface area contributed by atoms with Crippen LogP contribution >= 0.6 is 15.9 Å². The van der Waals surface area contributed by atoms with Crippen molar-refractivity contribution in [2.45, 2.75) is 26.7 Å². The molecule has 0 radical (unpaired) electrons. The monoisotopic (exact) mass is 240 g/mol. The van der Waals surface area contributed by atoms with Gasteiger partial charge in [-0.2, -0.15) is 0 Å². The molecule has 0 aliphatic carbocycles. The number of hydrogen-bond donors (Lipinski definition) is 0. The van der Waals surface area contributed by atoms with Gasteiger partial charge in [0.1, 0.15) is 6.29 Å². The van der Waals surface area contributed by atoms with Gasteiger partial charge in [0.15, 0.2) is 0 Å². The molecule has 1 aromatic carbocycles. The molecule has 0 saturated heterocycles. The lowest BCUT2D eigenvalue weighted by atomic mass is 10.0. The van der Waals surface area contributed by atoms with Crippen LogP contribution in [-0.4, -0.2) is 6.29 Å². The first-order valence-electron chi connectivity index (χ1n) is 4.35. The molecule has 1 nitrogen and oxygen atoms in total. The quantitative estimate of drug-likeness (QED) is 0.742. The van der Waals surface area contributed by atoms with Gasteiger partial charge in [0.05, 0.1) is 0 Å². The molecule has 0 atom stereocenters. The van der Waals surface area contributed by atoms with E-state index in [0.29, 0.717) is 6.42 Å². The maximum atomic E-state index is 10.2. The van der Waals surface area contributed by atoms with Crippen LogP contribution in [0.1, 0.15) is 23.1 Å². The number of rotatable bonds is 3. The number of aldehydes is 1. The van der Waals surface area contributed by atoms with E-state index in [-0.39, 0.29) is 0 Å². The predicted molar refractivity (Wildman–Crippen MR) is 58.0 cm³/mol.